The van der Waals surface area contributed by atoms with Crippen molar-refractivity contribution in [2.45, 2.75) is 6.18 Å². The van der Waals surface area contributed by atoms with Crippen molar-refractivity contribution in [2.75, 3.05) is 10.6 Å². The number of carbonyl (C=O) groups excluding carboxylic acids is 1. The standard InChI is InChI=1S/C22H16F3N5O/c23-22(24,25)16-4-2-6-18(12-16)29-21(31)28-17-5-1-3-15(11-17)20-19(13-27-30-20)14-7-9-26-10-8-14/h1-13H,(H,27,30)(H2,28,29,31). The fourth-order valence-corrected chi connectivity index (χ4v) is 3.07. The highest BCUT2D eigenvalue weighted by Crippen LogP contribution is 2.32. The number of hydrogen-bond acceptors (Lipinski definition) is 3. The second-order valence-corrected chi connectivity index (χ2v) is 6.62. The first-order chi connectivity index (χ1) is 14.9. The van der Waals surface area contributed by atoms with Gasteiger partial charge in [0.2, 0.25) is 0 Å². The van der Waals surface area contributed by atoms with Crippen LogP contribution < -0.4 is 10.6 Å². The van der Waals surface area contributed by atoms with Gasteiger partial charge in [-0.15, -0.1) is 0 Å². The van der Waals surface area contributed by atoms with Crippen LogP contribution >= 0.6 is 0 Å². The molecule has 2 amide bonds. The van der Waals surface area contributed by atoms with Gasteiger partial charge in [0.05, 0.1) is 11.3 Å². The molecule has 0 aliphatic carbocycles. The van der Waals surface area contributed by atoms with Crippen molar-refractivity contribution in [3.8, 4) is 22.4 Å². The minimum atomic E-state index is -4.49. The summed E-state index contributed by atoms with van der Waals surface area (Å²) in [4.78, 5) is 16.3. The van der Waals surface area contributed by atoms with Gasteiger partial charge in [-0.3, -0.25) is 10.1 Å². The number of hydrogen-bond donors (Lipinski definition) is 3. The molecule has 156 valence electrons. The monoisotopic (exact) mass is 423 g/mol. The second-order valence-electron chi connectivity index (χ2n) is 6.62. The van der Waals surface area contributed by atoms with Crippen LogP contribution in [0.2, 0.25) is 0 Å². The number of urea groups is 1. The van der Waals surface area contributed by atoms with Gasteiger partial charge in [0.15, 0.2) is 0 Å². The lowest BCUT2D eigenvalue weighted by molar-refractivity contribution is -0.137. The average Bonchev–Trinajstić information content (AvgIpc) is 3.24. The predicted octanol–water partition coefficient (Wildman–Crippen LogP) is 5.80. The van der Waals surface area contributed by atoms with Gasteiger partial charge in [-0.1, -0.05) is 18.2 Å². The largest absolute Gasteiger partial charge is 0.416 e. The molecule has 2 aromatic heterocycles. The Kier molecular flexibility index (Phi) is 5.40. The third-order valence-corrected chi connectivity index (χ3v) is 4.47. The summed E-state index contributed by atoms with van der Waals surface area (Å²) in [6.45, 7) is 0. The Balaban J connectivity index is 1.52. The van der Waals surface area contributed by atoms with Gasteiger partial charge < -0.3 is 10.6 Å². The predicted molar refractivity (Wildman–Crippen MR) is 111 cm³/mol. The Morgan fingerprint density at radius 2 is 1.55 bits per heavy atom. The van der Waals surface area contributed by atoms with Crippen LogP contribution in [0.4, 0.5) is 29.3 Å². The Hall–Kier alpha value is -4.14. The van der Waals surface area contributed by atoms with Crippen molar-refractivity contribution in [3.63, 3.8) is 0 Å². The van der Waals surface area contributed by atoms with Crippen molar-refractivity contribution < 1.29 is 18.0 Å². The molecule has 3 N–H and O–H groups in total. The number of carbonyl (C=O) groups is 1. The second kappa shape index (κ2) is 8.31. The fraction of sp³-hybridized carbons (Fsp3) is 0.0455. The summed E-state index contributed by atoms with van der Waals surface area (Å²) in [6.07, 6.45) is 0.647. The zero-order chi connectivity index (χ0) is 21.8. The normalized spacial score (nSPS) is 11.2. The van der Waals surface area contributed by atoms with Crippen LogP contribution in [0.25, 0.3) is 22.4 Å². The lowest BCUT2D eigenvalue weighted by Gasteiger charge is -2.11. The van der Waals surface area contributed by atoms with E-state index in [0.717, 1.165) is 28.8 Å². The SMILES string of the molecule is O=C(Nc1cccc(-c2n[nH]cc2-c2ccncc2)c1)Nc1cccc(C(F)(F)F)c1. The molecule has 0 saturated carbocycles. The smallest absolute Gasteiger partial charge is 0.308 e. The van der Waals surface area contributed by atoms with Crippen molar-refractivity contribution in [3.05, 3.63) is 84.8 Å². The van der Waals surface area contributed by atoms with Crippen molar-refractivity contribution >= 4 is 17.4 Å². The van der Waals surface area contributed by atoms with E-state index < -0.39 is 17.8 Å². The Bertz CT molecular complexity index is 1210. The third-order valence-electron chi connectivity index (χ3n) is 4.47. The highest BCUT2D eigenvalue weighted by Gasteiger charge is 2.30. The number of pyridine rings is 1. The Morgan fingerprint density at radius 1 is 0.871 bits per heavy atom. The third kappa shape index (κ3) is 4.72. The van der Waals surface area contributed by atoms with E-state index in [2.05, 4.69) is 25.8 Å². The molecular weight excluding hydrogens is 407 g/mol. The van der Waals surface area contributed by atoms with Crippen LogP contribution in [0.5, 0.6) is 0 Å². The molecule has 0 aliphatic heterocycles. The molecule has 4 aromatic rings. The zero-order valence-corrected chi connectivity index (χ0v) is 15.9. The first-order valence-corrected chi connectivity index (χ1v) is 9.20. The maximum absolute atomic E-state index is 12.8. The molecule has 0 bridgehead atoms. The quantitative estimate of drug-likeness (QED) is 0.388. The maximum atomic E-state index is 12.8. The Labute approximate surface area is 175 Å². The van der Waals surface area contributed by atoms with Crippen molar-refractivity contribution in [2.24, 2.45) is 0 Å². The molecule has 2 aromatic carbocycles. The molecule has 4 rings (SSSR count). The van der Waals surface area contributed by atoms with Crippen LogP contribution in [0.15, 0.2) is 79.3 Å². The highest BCUT2D eigenvalue weighted by atomic mass is 19.4. The average molecular weight is 423 g/mol. The molecule has 0 saturated heterocycles. The van der Waals surface area contributed by atoms with E-state index >= 15 is 0 Å². The molecule has 0 unspecified atom stereocenters. The van der Waals surface area contributed by atoms with Gasteiger partial charge in [0.25, 0.3) is 0 Å². The lowest BCUT2D eigenvalue weighted by Crippen LogP contribution is -2.19. The molecule has 0 atom stereocenters. The van der Waals surface area contributed by atoms with E-state index in [1.807, 2.05) is 18.2 Å². The fourth-order valence-electron chi connectivity index (χ4n) is 3.07. The van der Waals surface area contributed by atoms with E-state index in [1.165, 1.54) is 12.1 Å². The zero-order valence-electron chi connectivity index (χ0n) is 15.9. The van der Waals surface area contributed by atoms with Crippen LogP contribution in [-0.4, -0.2) is 21.2 Å². The number of aromatic amines is 1. The van der Waals surface area contributed by atoms with E-state index in [1.54, 1.807) is 36.8 Å². The molecular formula is C22H16F3N5O. The number of rotatable bonds is 4. The number of amides is 2. The van der Waals surface area contributed by atoms with Gasteiger partial charge >= 0.3 is 12.2 Å². The number of halogens is 3. The van der Waals surface area contributed by atoms with E-state index in [9.17, 15) is 18.0 Å². The van der Waals surface area contributed by atoms with Crippen molar-refractivity contribution in [1.29, 1.82) is 0 Å². The van der Waals surface area contributed by atoms with Gasteiger partial charge in [-0.2, -0.15) is 18.3 Å². The maximum Gasteiger partial charge on any atom is 0.416 e. The molecule has 0 fully saturated rings. The molecule has 6 nitrogen and oxygen atoms in total. The minimum Gasteiger partial charge on any atom is -0.308 e. The van der Waals surface area contributed by atoms with E-state index in [0.29, 0.717) is 11.4 Å². The van der Waals surface area contributed by atoms with Gasteiger partial charge in [0, 0.05) is 41.1 Å². The Morgan fingerprint density at radius 3 is 2.26 bits per heavy atom. The highest BCUT2D eigenvalue weighted by molar-refractivity contribution is 6.00. The summed E-state index contributed by atoms with van der Waals surface area (Å²) in [5.41, 5.74) is 2.90. The van der Waals surface area contributed by atoms with Crippen LogP contribution in [0, 0.1) is 0 Å². The number of nitrogens with one attached hydrogen (secondary N) is 3. The molecule has 9 heteroatoms. The summed E-state index contributed by atoms with van der Waals surface area (Å²) < 4.78 is 38.5. The van der Waals surface area contributed by atoms with E-state index in [-0.39, 0.29) is 5.69 Å². The summed E-state index contributed by atoms with van der Waals surface area (Å²) >= 11 is 0. The molecule has 0 spiro atoms. The molecule has 31 heavy (non-hydrogen) atoms. The minimum absolute atomic E-state index is 0.0377. The number of nitrogens with zero attached hydrogens (tertiary/aromatic N) is 2. The number of benzene rings is 2. The van der Waals surface area contributed by atoms with E-state index in [4.69, 9.17) is 0 Å². The molecule has 2 heterocycles. The summed E-state index contributed by atoms with van der Waals surface area (Å²) in [6, 6.07) is 14.5. The number of alkyl halides is 3. The number of aromatic nitrogens is 3. The first-order valence-electron chi connectivity index (χ1n) is 9.20. The van der Waals surface area contributed by atoms with Gasteiger partial charge in [-0.05, 0) is 48.0 Å². The van der Waals surface area contributed by atoms with Crippen LogP contribution in [0.1, 0.15) is 5.56 Å². The topological polar surface area (TPSA) is 82.7 Å². The van der Waals surface area contributed by atoms with Crippen LogP contribution in [0.3, 0.4) is 0 Å². The van der Waals surface area contributed by atoms with Gasteiger partial charge in [0.1, 0.15) is 0 Å². The van der Waals surface area contributed by atoms with Crippen LogP contribution in [-0.2, 0) is 6.18 Å². The summed E-state index contributed by atoms with van der Waals surface area (Å²) in [7, 11) is 0. The number of H-pyrrole nitrogens is 1. The first kappa shape index (κ1) is 20.1. The lowest BCUT2D eigenvalue weighted by atomic mass is 10.0. The molecule has 0 radical (unpaired) electrons. The van der Waals surface area contributed by atoms with Crippen molar-refractivity contribution in [1.82, 2.24) is 15.2 Å². The number of anilines is 2. The summed E-state index contributed by atoms with van der Waals surface area (Å²) in [5, 5.41) is 12.2. The summed E-state index contributed by atoms with van der Waals surface area (Å²) in [5.74, 6) is 0. The molecule has 0 aliphatic rings. The van der Waals surface area contributed by atoms with Gasteiger partial charge in [-0.25, -0.2) is 4.79 Å².